The Kier molecular flexibility index (Phi) is 4.83. The third-order valence-electron chi connectivity index (χ3n) is 3.36. The lowest BCUT2D eigenvalue weighted by atomic mass is 10.2. The van der Waals surface area contributed by atoms with Gasteiger partial charge in [-0.05, 0) is 31.7 Å². The van der Waals surface area contributed by atoms with Crippen LogP contribution in [0.1, 0.15) is 16.8 Å². The summed E-state index contributed by atoms with van der Waals surface area (Å²) in [6.45, 7) is 3.76. The van der Waals surface area contributed by atoms with Gasteiger partial charge in [0, 0.05) is 37.2 Å². The molecule has 108 valence electrons. The molecule has 1 aromatic carbocycles. The summed E-state index contributed by atoms with van der Waals surface area (Å²) in [5.74, 6) is 1.17. The zero-order valence-corrected chi connectivity index (χ0v) is 14.0. The summed E-state index contributed by atoms with van der Waals surface area (Å²) in [5.41, 5.74) is 3.62. The highest BCUT2D eigenvalue weighted by Gasteiger charge is 2.16. The van der Waals surface area contributed by atoms with E-state index in [2.05, 4.69) is 69.5 Å². The first-order valence-corrected chi connectivity index (χ1v) is 7.45. The van der Waals surface area contributed by atoms with E-state index in [4.69, 9.17) is 0 Å². The summed E-state index contributed by atoms with van der Waals surface area (Å²) < 4.78 is 3.07. The lowest BCUT2D eigenvalue weighted by Gasteiger charge is -2.21. The van der Waals surface area contributed by atoms with Gasteiger partial charge in [0.05, 0.1) is 5.69 Å². The van der Waals surface area contributed by atoms with Gasteiger partial charge in [-0.25, -0.2) is 0 Å². The Bertz CT molecular complexity index is 574. The molecule has 0 saturated heterocycles. The van der Waals surface area contributed by atoms with Crippen molar-refractivity contribution in [2.24, 2.45) is 7.05 Å². The third kappa shape index (κ3) is 3.22. The molecule has 1 N–H and O–H groups in total. The number of halogens is 1. The number of rotatable bonds is 5. The summed E-state index contributed by atoms with van der Waals surface area (Å²) in [5, 5.41) is 7.75. The van der Waals surface area contributed by atoms with Crippen LogP contribution in [0.15, 0.2) is 28.7 Å². The van der Waals surface area contributed by atoms with Crippen LogP contribution in [0.5, 0.6) is 0 Å². The van der Waals surface area contributed by atoms with Crippen LogP contribution in [-0.4, -0.2) is 23.9 Å². The zero-order chi connectivity index (χ0) is 14.7. The summed E-state index contributed by atoms with van der Waals surface area (Å²) >= 11 is 3.47. The molecule has 0 amide bonds. The summed E-state index contributed by atoms with van der Waals surface area (Å²) in [6.07, 6.45) is 0. The topological polar surface area (TPSA) is 33.1 Å². The molecule has 2 aromatic rings. The smallest absolute Gasteiger partial charge is 0.131 e. The Morgan fingerprint density at radius 1 is 1.30 bits per heavy atom. The summed E-state index contributed by atoms with van der Waals surface area (Å²) in [4.78, 5) is 2.25. The molecule has 5 heteroatoms. The average molecular weight is 337 g/mol. The zero-order valence-electron chi connectivity index (χ0n) is 12.4. The Hall–Kier alpha value is -1.33. The Labute approximate surface area is 128 Å². The lowest BCUT2D eigenvalue weighted by molar-refractivity contribution is 0.723. The molecule has 1 aromatic heterocycles. The van der Waals surface area contributed by atoms with Crippen LogP contribution in [0.25, 0.3) is 0 Å². The average Bonchev–Trinajstić information content (AvgIpc) is 2.68. The van der Waals surface area contributed by atoms with Crippen molar-refractivity contribution in [2.75, 3.05) is 19.0 Å². The first-order chi connectivity index (χ1) is 9.52. The van der Waals surface area contributed by atoms with Gasteiger partial charge in [0.25, 0.3) is 0 Å². The summed E-state index contributed by atoms with van der Waals surface area (Å²) in [7, 11) is 6.07. The molecule has 0 saturated carbocycles. The second kappa shape index (κ2) is 6.41. The van der Waals surface area contributed by atoms with Crippen molar-refractivity contribution in [3.63, 3.8) is 0 Å². The monoisotopic (exact) mass is 336 g/mol. The lowest BCUT2D eigenvalue weighted by Crippen LogP contribution is -2.21. The first-order valence-electron chi connectivity index (χ1n) is 6.65. The number of hydrogen-bond acceptors (Lipinski definition) is 3. The predicted molar refractivity (Wildman–Crippen MR) is 87.0 cm³/mol. The molecule has 0 unspecified atom stereocenters. The van der Waals surface area contributed by atoms with Crippen molar-refractivity contribution in [3.05, 3.63) is 45.6 Å². The maximum Gasteiger partial charge on any atom is 0.131 e. The Balaban J connectivity index is 2.24. The van der Waals surface area contributed by atoms with Crippen molar-refractivity contribution in [1.29, 1.82) is 0 Å². The van der Waals surface area contributed by atoms with E-state index in [0.717, 1.165) is 23.3 Å². The van der Waals surface area contributed by atoms with Crippen molar-refractivity contribution in [3.8, 4) is 0 Å². The maximum absolute atomic E-state index is 4.53. The number of aromatic nitrogens is 2. The molecule has 0 radical (unpaired) electrons. The van der Waals surface area contributed by atoms with Gasteiger partial charge in [-0.15, -0.1) is 0 Å². The molecule has 1 heterocycles. The molecule has 0 aliphatic carbocycles. The van der Waals surface area contributed by atoms with Gasteiger partial charge in [0.15, 0.2) is 0 Å². The van der Waals surface area contributed by atoms with Gasteiger partial charge >= 0.3 is 0 Å². The van der Waals surface area contributed by atoms with Crippen LogP contribution < -0.4 is 10.2 Å². The van der Waals surface area contributed by atoms with Crippen LogP contribution in [0.2, 0.25) is 0 Å². The van der Waals surface area contributed by atoms with Gasteiger partial charge in [0.1, 0.15) is 5.82 Å². The van der Waals surface area contributed by atoms with Crippen LogP contribution in [0.4, 0.5) is 5.82 Å². The molecular weight excluding hydrogens is 316 g/mol. The number of nitrogens with zero attached hydrogens (tertiary/aromatic N) is 3. The Morgan fingerprint density at radius 3 is 2.55 bits per heavy atom. The third-order valence-corrected chi connectivity index (χ3v) is 3.89. The minimum absolute atomic E-state index is 0.833. The highest BCUT2D eigenvalue weighted by atomic mass is 79.9. The first kappa shape index (κ1) is 15.1. The van der Waals surface area contributed by atoms with Gasteiger partial charge in [-0.1, -0.05) is 28.1 Å². The van der Waals surface area contributed by atoms with Gasteiger partial charge in [0.2, 0.25) is 0 Å². The molecule has 0 atom stereocenters. The van der Waals surface area contributed by atoms with Crippen molar-refractivity contribution >= 4 is 21.7 Å². The minimum atomic E-state index is 0.833. The normalized spacial score (nSPS) is 10.8. The van der Waals surface area contributed by atoms with Gasteiger partial charge in [-0.3, -0.25) is 4.68 Å². The summed E-state index contributed by atoms with van der Waals surface area (Å²) in [6, 6.07) is 8.43. The predicted octanol–water partition coefficient (Wildman–Crippen LogP) is 2.85. The van der Waals surface area contributed by atoms with E-state index in [1.165, 1.54) is 16.9 Å². The fourth-order valence-corrected chi connectivity index (χ4v) is 2.75. The van der Waals surface area contributed by atoms with Gasteiger partial charge < -0.3 is 10.2 Å². The molecule has 2 rings (SSSR count). The van der Waals surface area contributed by atoms with E-state index in [-0.39, 0.29) is 0 Å². The molecule has 20 heavy (non-hydrogen) atoms. The van der Waals surface area contributed by atoms with E-state index in [1.54, 1.807) is 0 Å². The number of aryl methyl sites for hydroxylation is 2. The molecule has 0 aliphatic rings. The number of anilines is 1. The van der Waals surface area contributed by atoms with E-state index in [9.17, 15) is 0 Å². The highest BCUT2D eigenvalue weighted by molar-refractivity contribution is 9.10. The van der Waals surface area contributed by atoms with Crippen LogP contribution >= 0.6 is 15.9 Å². The molecule has 4 nitrogen and oxygen atoms in total. The second-order valence-corrected chi connectivity index (χ2v) is 5.94. The van der Waals surface area contributed by atoms with Crippen molar-refractivity contribution in [1.82, 2.24) is 15.1 Å². The van der Waals surface area contributed by atoms with Crippen LogP contribution in [-0.2, 0) is 20.1 Å². The number of benzene rings is 1. The van der Waals surface area contributed by atoms with Crippen LogP contribution in [0, 0.1) is 6.92 Å². The fraction of sp³-hybridized carbons (Fsp3) is 0.400. The fourth-order valence-electron chi connectivity index (χ4n) is 2.49. The van der Waals surface area contributed by atoms with Gasteiger partial charge in [-0.2, -0.15) is 5.10 Å². The van der Waals surface area contributed by atoms with E-state index < -0.39 is 0 Å². The highest BCUT2D eigenvalue weighted by Crippen LogP contribution is 2.24. The SMILES string of the molecule is CNCc1c(C)nn(C)c1N(C)Cc1ccc(Br)cc1. The molecule has 0 fully saturated rings. The second-order valence-electron chi connectivity index (χ2n) is 5.02. The molecular formula is C15H21BrN4. The van der Waals surface area contributed by atoms with E-state index in [0.29, 0.717) is 0 Å². The van der Waals surface area contributed by atoms with Crippen molar-refractivity contribution in [2.45, 2.75) is 20.0 Å². The number of hydrogen-bond donors (Lipinski definition) is 1. The van der Waals surface area contributed by atoms with E-state index >= 15 is 0 Å². The molecule has 0 bridgehead atoms. The molecule has 0 spiro atoms. The molecule has 0 aliphatic heterocycles. The largest absolute Gasteiger partial charge is 0.355 e. The number of nitrogens with one attached hydrogen (secondary N) is 1. The quantitative estimate of drug-likeness (QED) is 0.911. The van der Waals surface area contributed by atoms with E-state index in [1.807, 2.05) is 18.8 Å². The van der Waals surface area contributed by atoms with Crippen LogP contribution in [0.3, 0.4) is 0 Å². The standard InChI is InChI=1S/C15H21BrN4/c1-11-14(9-17-2)15(20(4)18-11)19(3)10-12-5-7-13(16)8-6-12/h5-8,17H,9-10H2,1-4H3. The van der Waals surface area contributed by atoms with Crippen molar-refractivity contribution < 1.29 is 0 Å². The maximum atomic E-state index is 4.53. The Morgan fingerprint density at radius 2 is 1.95 bits per heavy atom. The minimum Gasteiger partial charge on any atom is -0.355 e.